The second kappa shape index (κ2) is 4.80. The minimum Gasteiger partial charge on any atom is -0.478 e. The van der Waals surface area contributed by atoms with Crippen LogP contribution in [0.5, 0.6) is 11.6 Å². The normalized spacial score (nSPS) is 9.94. The lowest BCUT2D eigenvalue weighted by molar-refractivity contribution is 0.0694. The number of hydrogen-bond acceptors (Lipinski definition) is 4. The molecule has 17 heavy (non-hydrogen) atoms. The quantitative estimate of drug-likeness (QED) is 0.907. The number of nitrogens with zero attached hydrogens (tertiary/aromatic N) is 2. The van der Waals surface area contributed by atoms with Gasteiger partial charge in [-0.1, -0.05) is 11.6 Å². The van der Waals surface area contributed by atoms with Gasteiger partial charge in [0.2, 0.25) is 5.88 Å². The lowest BCUT2D eigenvalue weighted by atomic mass is 10.2. The van der Waals surface area contributed by atoms with E-state index in [9.17, 15) is 4.79 Å². The van der Waals surface area contributed by atoms with Crippen molar-refractivity contribution in [2.75, 3.05) is 0 Å². The Bertz CT molecular complexity index is 546. The summed E-state index contributed by atoms with van der Waals surface area (Å²) in [4.78, 5) is 11.0. The Hall–Kier alpha value is -2.14. The second-order valence-electron chi connectivity index (χ2n) is 3.11. The monoisotopic (exact) mass is 250 g/mol. The Morgan fingerprint density at radius 3 is 2.82 bits per heavy atom. The Balaban J connectivity index is 2.37. The summed E-state index contributed by atoms with van der Waals surface area (Å²) < 4.78 is 5.31. The third-order valence-corrected chi connectivity index (χ3v) is 2.17. The first kappa shape index (κ1) is 11.3. The SMILES string of the molecule is O=C(O)c1ccc(Cl)cc1Oc1cccnn1. The summed E-state index contributed by atoms with van der Waals surface area (Å²) in [7, 11) is 0. The number of carbonyl (C=O) groups is 1. The molecular formula is C11H7ClN2O3. The van der Waals surface area contributed by atoms with Crippen molar-refractivity contribution in [2.24, 2.45) is 0 Å². The molecule has 1 aromatic heterocycles. The third-order valence-electron chi connectivity index (χ3n) is 1.94. The van der Waals surface area contributed by atoms with Crippen LogP contribution in [0.3, 0.4) is 0 Å². The maximum atomic E-state index is 11.0. The number of halogens is 1. The maximum Gasteiger partial charge on any atom is 0.339 e. The average molecular weight is 251 g/mol. The first-order valence-corrected chi connectivity index (χ1v) is 5.03. The van der Waals surface area contributed by atoms with Gasteiger partial charge in [-0.05, 0) is 18.2 Å². The molecule has 0 atom stereocenters. The molecule has 2 aromatic rings. The summed E-state index contributed by atoms with van der Waals surface area (Å²) in [6, 6.07) is 7.47. The number of aromatic carboxylic acids is 1. The molecular weight excluding hydrogens is 244 g/mol. The molecule has 6 heteroatoms. The summed E-state index contributed by atoms with van der Waals surface area (Å²) in [6.45, 7) is 0. The van der Waals surface area contributed by atoms with Crippen molar-refractivity contribution in [3.8, 4) is 11.6 Å². The molecule has 0 fully saturated rings. The number of aromatic nitrogens is 2. The number of benzene rings is 1. The molecule has 0 radical (unpaired) electrons. The van der Waals surface area contributed by atoms with Crippen LogP contribution in [0.25, 0.3) is 0 Å². The van der Waals surface area contributed by atoms with Crippen LogP contribution in [0.4, 0.5) is 0 Å². The summed E-state index contributed by atoms with van der Waals surface area (Å²) in [6.07, 6.45) is 1.49. The third kappa shape index (κ3) is 2.70. The van der Waals surface area contributed by atoms with Crippen molar-refractivity contribution >= 4 is 17.6 Å². The molecule has 0 amide bonds. The molecule has 0 aliphatic carbocycles. The predicted molar refractivity (Wildman–Crippen MR) is 60.5 cm³/mol. The Morgan fingerprint density at radius 2 is 2.18 bits per heavy atom. The van der Waals surface area contributed by atoms with Gasteiger partial charge >= 0.3 is 5.97 Å². The standard InChI is InChI=1S/C11H7ClN2O3/c12-7-3-4-8(11(15)16)9(6-7)17-10-2-1-5-13-14-10/h1-6H,(H,15,16). The molecule has 86 valence electrons. The van der Waals surface area contributed by atoms with Gasteiger partial charge in [0.1, 0.15) is 11.3 Å². The smallest absolute Gasteiger partial charge is 0.339 e. The molecule has 0 unspecified atom stereocenters. The molecule has 1 N–H and O–H groups in total. The molecule has 5 nitrogen and oxygen atoms in total. The number of ether oxygens (including phenoxy) is 1. The number of carboxylic acid groups (broad SMARTS) is 1. The van der Waals surface area contributed by atoms with Gasteiger partial charge in [0, 0.05) is 23.4 Å². The fourth-order valence-corrected chi connectivity index (χ4v) is 1.37. The molecule has 0 aliphatic heterocycles. The first-order valence-electron chi connectivity index (χ1n) is 4.65. The predicted octanol–water partition coefficient (Wildman–Crippen LogP) is 2.62. The second-order valence-corrected chi connectivity index (χ2v) is 3.55. The molecule has 1 heterocycles. The molecule has 0 bridgehead atoms. The summed E-state index contributed by atoms with van der Waals surface area (Å²) >= 11 is 5.78. The Labute approximate surface area is 102 Å². The zero-order valence-corrected chi connectivity index (χ0v) is 9.26. The van der Waals surface area contributed by atoms with Crippen LogP contribution in [-0.2, 0) is 0 Å². The van der Waals surface area contributed by atoms with Crippen molar-refractivity contribution < 1.29 is 14.6 Å². The van der Waals surface area contributed by atoms with E-state index in [1.807, 2.05) is 0 Å². The highest BCUT2D eigenvalue weighted by Gasteiger charge is 2.12. The maximum absolute atomic E-state index is 11.0. The van der Waals surface area contributed by atoms with Crippen molar-refractivity contribution in [1.29, 1.82) is 0 Å². The van der Waals surface area contributed by atoms with E-state index < -0.39 is 5.97 Å². The van der Waals surface area contributed by atoms with Gasteiger partial charge in [-0.15, -0.1) is 5.10 Å². The minimum atomic E-state index is -1.10. The van der Waals surface area contributed by atoms with Gasteiger partial charge in [-0.25, -0.2) is 4.79 Å². The van der Waals surface area contributed by atoms with Crippen LogP contribution < -0.4 is 4.74 Å². The molecule has 2 rings (SSSR count). The van der Waals surface area contributed by atoms with Crippen molar-refractivity contribution in [3.63, 3.8) is 0 Å². The number of hydrogen-bond donors (Lipinski definition) is 1. The van der Waals surface area contributed by atoms with Crippen LogP contribution in [0, 0.1) is 0 Å². The number of carboxylic acids is 1. The van der Waals surface area contributed by atoms with E-state index in [-0.39, 0.29) is 17.2 Å². The molecule has 0 saturated carbocycles. The summed E-state index contributed by atoms with van der Waals surface area (Å²) in [5.41, 5.74) is 0.0139. The molecule has 1 aromatic carbocycles. The summed E-state index contributed by atoms with van der Waals surface area (Å²) in [5.74, 6) is -0.761. The fraction of sp³-hybridized carbons (Fsp3) is 0. The summed E-state index contributed by atoms with van der Waals surface area (Å²) in [5, 5.41) is 16.7. The lowest BCUT2D eigenvalue weighted by Crippen LogP contribution is -2.00. The van der Waals surface area contributed by atoms with Gasteiger partial charge in [0.15, 0.2) is 0 Å². The topological polar surface area (TPSA) is 72.3 Å². The van der Waals surface area contributed by atoms with Gasteiger partial charge in [0.25, 0.3) is 0 Å². The van der Waals surface area contributed by atoms with Gasteiger partial charge in [-0.2, -0.15) is 5.10 Å². The number of rotatable bonds is 3. The Kier molecular flexibility index (Phi) is 3.20. The van der Waals surface area contributed by atoms with Crippen molar-refractivity contribution in [1.82, 2.24) is 10.2 Å². The fourth-order valence-electron chi connectivity index (χ4n) is 1.21. The zero-order chi connectivity index (χ0) is 12.3. The highest BCUT2D eigenvalue weighted by Crippen LogP contribution is 2.27. The van der Waals surface area contributed by atoms with E-state index >= 15 is 0 Å². The van der Waals surface area contributed by atoms with E-state index in [2.05, 4.69) is 10.2 Å². The van der Waals surface area contributed by atoms with Gasteiger partial charge < -0.3 is 9.84 Å². The zero-order valence-electron chi connectivity index (χ0n) is 8.50. The first-order chi connectivity index (χ1) is 8.16. The average Bonchev–Trinajstić information content (AvgIpc) is 2.30. The highest BCUT2D eigenvalue weighted by atomic mass is 35.5. The Morgan fingerprint density at radius 1 is 1.35 bits per heavy atom. The van der Waals surface area contributed by atoms with Crippen molar-refractivity contribution in [2.45, 2.75) is 0 Å². The highest BCUT2D eigenvalue weighted by molar-refractivity contribution is 6.30. The van der Waals surface area contributed by atoms with E-state index in [0.717, 1.165) is 0 Å². The minimum absolute atomic E-state index is 0.0139. The largest absolute Gasteiger partial charge is 0.478 e. The van der Waals surface area contributed by atoms with Crippen LogP contribution >= 0.6 is 11.6 Å². The lowest BCUT2D eigenvalue weighted by Gasteiger charge is -2.07. The van der Waals surface area contributed by atoms with E-state index in [1.54, 1.807) is 12.1 Å². The van der Waals surface area contributed by atoms with E-state index in [1.165, 1.54) is 24.4 Å². The van der Waals surface area contributed by atoms with Crippen molar-refractivity contribution in [3.05, 3.63) is 47.1 Å². The molecule has 0 saturated heterocycles. The van der Waals surface area contributed by atoms with Crippen LogP contribution in [0.2, 0.25) is 5.02 Å². The van der Waals surface area contributed by atoms with Gasteiger partial charge in [0.05, 0.1) is 0 Å². The van der Waals surface area contributed by atoms with E-state index in [0.29, 0.717) is 5.02 Å². The van der Waals surface area contributed by atoms with Crippen LogP contribution in [-0.4, -0.2) is 21.3 Å². The molecule has 0 spiro atoms. The van der Waals surface area contributed by atoms with Crippen LogP contribution in [0.15, 0.2) is 36.5 Å². The van der Waals surface area contributed by atoms with E-state index in [4.69, 9.17) is 21.4 Å². The molecule has 0 aliphatic rings. The van der Waals surface area contributed by atoms with Crippen LogP contribution in [0.1, 0.15) is 10.4 Å². The van der Waals surface area contributed by atoms with Gasteiger partial charge in [-0.3, -0.25) is 0 Å².